The van der Waals surface area contributed by atoms with Crippen molar-refractivity contribution in [1.29, 1.82) is 0 Å². The van der Waals surface area contributed by atoms with Gasteiger partial charge in [-0.25, -0.2) is 4.39 Å². The van der Waals surface area contributed by atoms with Crippen LogP contribution in [0.4, 0.5) is 17.6 Å². The van der Waals surface area contributed by atoms with Crippen molar-refractivity contribution in [3.05, 3.63) is 58.8 Å². The van der Waals surface area contributed by atoms with Gasteiger partial charge < -0.3 is 10.2 Å². The van der Waals surface area contributed by atoms with Crippen LogP contribution in [0.15, 0.2) is 34.7 Å². The average molecular weight is 273 g/mol. The summed E-state index contributed by atoms with van der Waals surface area (Å²) in [6, 6.07) is 5.07. The third kappa shape index (κ3) is 2.63. The van der Waals surface area contributed by atoms with Crippen molar-refractivity contribution in [2.24, 2.45) is 5.73 Å². The maximum absolute atomic E-state index is 13.9. The van der Waals surface area contributed by atoms with Crippen LogP contribution in [0.3, 0.4) is 0 Å². The SMILES string of the molecule is Cc1ccc(C(N)c2cccc(C(F)(F)F)c2F)o1. The van der Waals surface area contributed by atoms with Gasteiger partial charge in [0.25, 0.3) is 0 Å². The zero-order valence-electron chi connectivity index (χ0n) is 9.96. The maximum Gasteiger partial charge on any atom is 0.419 e. The van der Waals surface area contributed by atoms with E-state index in [1.165, 1.54) is 12.1 Å². The largest absolute Gasteiger partial charge is 0.464 e. The van der Waals surface area contributed by atoms with Gasteiger partial charge in [-0.15, -0.1) is 0 Å². The molecule has 1 unspecified atom stereocenters. The first-order valence-corrected chi connectivity index (χ1v) is 5.48. The van der Waals surface area contributed by atoms with Crippen LogP contribution in [0, 0.1) is 12.7 Å². The van der Waals surface area contributed by atoms with Crippen LogP contribution >= 0.6 is 0 Å². The third-order valence-corrected chi connectivity index (χ3v) is 2.74. The molecule has 0 amide bonds. The van der Waals surface area contributed by atoms with Crippen molar-refractivity contribution in [3.8, 4) is 0 Å². The van der Waals surface area contributed by atoms with E-state index in [4.69, 9.17) is 10.2 Å². The normalized spacial score (nSPS) is 13.6. The van der Waals surface area contributed by atoms with Gasteiger partial charge in [0.1, 0.15) is 17.3 Å². The number of furan rings is 1. The fraction of sp³-hybridized carbons (Fsp3) is 0.231. The van der Waals surface area contributed by atoms with Crippen LogP contribution in [0.5, 0.6) is 0 Å². The highest BCUT2D eigenvalue weighted by atomic mass is 19.4. The standard InChI is InChI=1S/C13H11F4NO/c1-7-5-6-10(19-7)12(18)8-3-2-4-9(11(8)14)13(15,16)17/h2-6,12H,18H2,1H3. The van der Waals surface area contributed by atoms with E-state index in [1.54, 1.807) is 13.0 Å². The second-order valence-corrected chi connectivity index (χ2v) is 4.13. The Labute approximate surface area is 106 Å². The molecule has 2 nitrogen and oxygen atoms in total. The highest BCUT2D eigenvalue weighted by Gasteiger charge is 2.35. The summed E-state index contributed by atoms with van der Waals surface area (Å²) in [5.41, 5.74) is 4.17. The topological polar surface area (TPSA) is 39.2 Å². The lowest BCUT2D eigenvalue weighted by atomic mass is 10.0. The first-order chi connectivity index (χ1) is 8.80. The minimum atomic E-state index is -4.75. The smallest absolute Gasteiger partial charge is 0.419 e. The number of aryl methyl sites for hydroxylation is 1. The predicted molar refractivity (Wildman–Crippen MR) is 60.9 cm³/mol. The van der Waals surface area contributed by atoms with E-state index in [1.807, 2.05) is 0 Å². The average Bonchev–Trinajstić information content (AvgIpc) is 2.74. The van der Waals surface area contributed by atoms with Crippen molar-refractivity contribution < 1.29 is 22.0 Å². The van der Waals surface area contributed by atoms with Gasteiger partial charge in [-0.3, -0.25) is 0 Å². The van der Waals surface area contributed by atoms with E-state index in [-0.39, 0.29) is 11.3 Å². The number of halogens is 4. The molecule has 0 aliphatic carbocycles. The quantitative estimate of drug-likeness (QED) is 0.845. The van der Waals surface area contributed by atoms with Gasteiger partial charge >= 0.3 is 6.18 Å². The molecule has 2 N–H and O–H groups in total. The molecule has 0 fully saturated rings. The van der Waals surface area contributed by atoms with E-state index in [0.717, 1.165) is 6.07 Å². The summed E-state index contributed by atoms with van der Waals surface area (Å²) >= 11 is 0. The van der Waals surface area contributed by atoms with Gasteiger partial charge in [0.15, 0.2) is 0 Å². The fourth-order valence-corrected chi connectivity index (χ4v) is 1.78. The summed E-state index contributed by atoms with van der Waals surface area (Å²) < 4.78 is 56.9. The highest BCUT2D eigenvalue weighted by molar-refractivity contribution is 5.34. The Morgan fingerprint density at radius 1 is 1.16 bits per heavy atom. The molecule has 1 aromatic carbocycles. The lowest BCUT2D eigenvalue weighted by molar-refractivity contribution is -0.140. The molecule has 0 aliphatic heterocycles. The first-order valence-electron chi connectivity index (χ1n) is 5.48. The Balaban J connectivity index is 2.46. The minimum Gasteiger partial charge on any atom is -0.464 e. The molecule has 0 bridgehead atoms. The monoisotopic (exact) mass is 273 g/mol. The molecule has 1 heterocycles. The lowest BCUT2D eigenvalue weighted by Crippen LogP contribution is -2.16. The van der Waals surface area contributed by atoms with Crippen LogP contribution in [-0.4, -0.2) is 0 Å². The van der Waals surface area contributed by atoms with Crippen LogP contribution < -0.4 is 5.73 Å². The molecule has 0 saturated heterocycles. The molecule has 0 radical (unpaired) electrons. The number of hydrogen-bond donors (Lipinski definition) is 1. The van der Waals surface area contributed by atoms with Crippen molar-refractivity contribution in [3.63, 3.8) is 0 Å². The molecule has 6 heteroatoms. The van der Waals surface area contributed by atoms with Gasteiger partial charge in [-0.2, -0.15) is 13.2 Å². The molecule has 2 rings (SSSR count). The zero-order chi connectivity index (χ0) is 14.2. The number of nitrogens with two attached hydrogens (primary N) is 1. The number of alkyl halides is 3. The molecule has 19 heavy (non-hydrogen) atoms. The van der Waals surface area contributed by atoms with Gasteiger partial charge in [0, 0.05) is 5.56 Å². The summed E-state index contributed by atoms with van der Waals surface area (Å²) in [6.07, 6.45) is -4.75. The number of benzene rings is 1. The van der Waals surface area contributed by atoms with Crippen molar-refractivity contribution in [1.82, 2.24) is 0 Å². The minimum absolute atomic E-state index is 0.218. The summed E-state index contributed by atoms with van der Waals surface area (Å²) in [7, 11) is 0. The Bertz CT molecular complexity index is 589. The van der Waals surface area contributed by atoms with E-state index in [2.05, 4.69) is 0 Å². The predicted octanol–water partition coefficient (Wildman–Crippen LogP) is 3.79. The Hall–Kier alpha value is -1.82. The zero-order valence-corrected chi connectivity index (χ0v) is 9.96. The molecule has 1 atom stereocenters. The summed E-state index contributed by atoms with van der Waals surface area (Å²) in [5.74, 6) is -0.592. The summed E-state index contributed by atoms with van der Waals surface area (Å²) in [5, 5.41) is 0. The maximum atomic E-state index is 13.9. The summed E-state index contributed by atoms with van der Waals surface area (Å²) in [4.78, 5) is 0. The van der Waals surface area contributed by atoms with Crippen LogP contribution in [0.1, 0.15) is 28.7 Å². The number of hydrogen-bond acceptors (Lipinski definition) is 2. The molecule has 0 saturated carbocycles. The third-order valence-electron chi connectivity index (χ3n) is 2.74. The second kappa shape index (κ2) is 4.70. The van der Waals surface area contributed by atoms with E-state index in [0.29, 0.717) is 11.8 Å². The lowest BCUT2D eigenvalue weighted by Gasteiger charge is -2.14. The van der Waals surface area contributed by atoms with Gasteiger partial charge in [-0.05, 0) is 25.1 Å². The molecule has 2 aromatic rings. The van der Waals surface area contributed by atoms with Gasteiger partial charge in [0.2, 0.25) is 0 Å². The number of rotatable bonds is 2. The highest BCUT2D eigenvalue weighted by Crippen LogP contribution is 2.34. The van der Waals surface area contributed by atoms with Crippen molar-refractivity contribution >= 4 is 0 Å². The van der Waals surface area contributed by atoms with E-state index < -0.39 is 23.6 Å². The Morgan fingerprint density at radius 3 is 2.37 bits per heavy atom. The van der Waals surface area contributed by atoms with Crippen LogP contribution in [0.2, 0.25) is 0 Å². The van der Waals surface area contributed by atoms with E-state index >= 15 is 0 Å². The summed E-state index contributed by atoms with van der Waals surface area (Å²) in [6.45, 7) is 1.67. The molecule has 0 spiro atoms. The molecule has 0 aliphatic rings. The first kappa shape index (κ1) is 13.6. The molecular weight excluding hydrogens is 262 g/mol. The van der Waals surface area contributed by atoms with Crippen molar-refractivity contribution in [2.75, 3.05) is 0 Å². The Morgan fingerprint density at radius 2 is 1.84 bits per heavy atom. The molecule has 1 aromatic heterocycles. The molecule has 102 valence electrons. The second-order valence-electron chi connectivity index (χ2n) is 4.13. The van der Waals surface area contributed by atoms with Crippen LogP contribution in [0.25, 0.3) is 0 Å². The Kier molecular flexibility index (Phi) is 3.36. The van der Waals surface area contributed by atoms with E-state index in [9.17, 15) is 17.6 Å². The fourth-order valence-electron chi connectivity index (χ4n) is 1.78. The van der Waals surface area contributed by atoms with Gasteiger partial charge in [0.05, 0.1) is 11.6 Å². The molecular formula is C13H11F4NO. The van der Waals surface area contributed by atoms with Crippen LogP contribution in [-0.2, 0) is 6.18 Å². The van der Waals surface area contributed by atoms with Crippen molar-refractivity contribution in [2.45, 2.75) is 19.1 Å². The van der Waals surface area contributed by atoms with Gasteiger partial charge in [-0.1, -0.05) is 12.1 Å².